The molecule has 104 valence electrons. The molecule has 1 N–H and O–H groups in total. The molecule has 3 rings (SSSR count). The van der Waals surface area contributed by atoms with E-state index in [-0.39, 0.29) is 12.4 Å². The number of nitrogens with one attached hydrogen (secondary N) is 1. The van der Waals surface area contributed by atoms with Crippen LogP contribution in [0.2, 0.25) is 0 Å². The zero-order valence-electron chi connectivity index (χ0n) is 10.9. The number of aliphatic imine (C=N–C) groups is 1. The van der Waals surface area contributed by atoms with Crippen molar-refractivity contribution in [2.24, 2.45) is 4.99 Å². The highest BCUT2D eigenvalue weighted by Crippen LogP contribution is 2.32. The minimum Gasteiger partial charge on any atom is -0.486 e. The summed E-state index contributed by atoms with van der Waals surface area (Å²) in [5, 5.41) is 3.39. The molecule has 2 aliphatic rings. The number of amidine groups is 1. The van der Waals surface area contributed by atoms with Crippen molar-refractivity contribution in [2.75, 3.05) is 25.1 Å². The van der Waals surface area contributed by atoms with Crippen molar-refractivity contribution in [3.05, 3.63) is 18.2 Å². The van der Waals surface area contributed by atoms with Gasteiger partial charge in [-0.3, -0.25) is 4.99 Å². The molecule has 0 unspecified atom stereocenters. The van der Waals surface area contributed by atoms with E-state index in [1.807, 2.05) is 18.2 Å². The summed E-state index contributed by atoms with van der Waals surface area (Å²) in [5.74, 6) is 2.74. The van der Waals surface area contributed by atoms with Gasteiger partial charge in [-0.2, -0.15) is 0 Å². The average Bonchev–Trinajstić information content (AvgIpc) is 2.67. The van der Waals surface area contributed by atoms with E-state index in [4.69, 9.17) is 9.47 Å². The smallest absolute Gasteiger partial charge is 0.163 e. The summed E-state index contributed by atoms with van der Waals surface area (Å²) in [6, 6.07) is 5.96. The highest BCUT2D eigenvalue weighted by Gasteiger charge is 2.12. The third-order valence-electron chi connectivity index (χ3n) is 3.21. The van der Waals surface area contributed by atoms with Crippen molar-refractivity contribution < 1.29 is 9.47 Å². The number of hydrogen-bond acceptors (Lipinski definition) is 4. The van der Waals surface area contributed by atoms with Crippen LogP contribution < -0.4 is 14.8 Å². The van der Waals surface area contributed by atoms with Crippen molar-refractivity contribution in [3.8, 4) is 11.5 Å². The summed E-state index contributed by atoms with van der Waals surface area (Å²) < 4.78 is 11.1. The monoisotopic (exact) mass is 282 g/mol. The maximum absolute atomic E-state index is 5.57. The van der Waals surface area contributed by atoms with E-state index in [1.54, 1.807) is 0 Å². The van der Waals surface area contributed by atoms with Gasteiger partial charge in [-0.05, 0) is 25.0 Å². The molecule has 1 aromatic rings. The summed E-state index contributed by atoms with van der Waals surface area (Å²) in [6.07, 6.45) is 4.73. The molecule has 2 aliphatic heterocycles. The van der Waals surface area contributed by atoms with E-state index in [2.05, 4.69) is 10.3 Å². The first-order valence-electron chi connectivity index (χ1n) is 6.62. The van der Waals surface area contributed by atoms with Gasteiger partial charge in [0.2, 0.25) is 0 Å². The van der Waals surface area contributed by atoms with E-state index >= 15 is 0 Å². The number of halogens is 1. The number of anilines is 1. The Morgan fingerprint density at radius 1 is 1.00 bits per heavy atom. The lowest BCUT2D eigenvalue weighted by atomic mass is 10.2. The van der Waals surface area contributed by atoms with Crippen LogP contribution >= 0.6 is 12.4 Å². The molecule has 0 fully saturated rings. The number of benzene rings is 1. The Labute approximate surface area is 119 Å². The molecule has 0 radical (unpaired) electrons. The van der Waals surface area contributed by atoms with E-state index in [9.17, 15) is 0 Å². The molecule has 0 atom stereocenters. The first kappa shape index (κ1) is 14.0. The van der Waals surface area contributed by atoms with Gasteiger partial charge in [0.25, 0.3) is 0 Å². The molecule has 19 heavy (non-hydrogen) atoms. The van der Waals surface area contributed by atoms with Crippen molar-refractivity contribution in [1.82, 2.24) is 0 Å². The first-order chi connectivity index (χ1) is 8.92. The summed E-state index contributed by atoms with van der Waals surface area (Å²) in [4.78, 5) is 4.56. The second-order valence-electron chi connectivity index (χ2n) is 4.62. The van der Waals surface area contributed by atoms with Gasteiger partial charge in [-0.15, -0.1) is 12.4 Å². The van der Waals surface area contributed by atoms with Gasteiger partial charge in [0.05, 0.1) is 0 Å². The van der Waals surface area contributed by atoms with Crippen LogP contribution in [0.15, 0.2) is 23.2 Å². The molecule has 4 nitrogen and oxygen atoms in total. The minimum atomic E-state index is 0. The number of rotatable bonds is 1. The van der Waals surface area contributed by atoms with Crippen LogP contribution in [0.4, 0.5) is 5.69 Å². The van der Waals surface area contributed by atoms with Gasteiger partial charge in [0, 0.05) is 24.7 Å². The summed E-state index contributed by atoms with van der Waals surface area (Å²) in [5.41, 5.74) is 1.03. The molecule has 0 bridgehead atoms. The van der Waals surface area contributed by atoms with Gasteiger partial charge < -0.3 is 14.8 Å². The summed E-state index contributed by atoms with van der Waals surface area (Å²) in [7, 11) is 0. The molecule has 0 saturated heterocycles. The third-order valence-corrected chi connectivity index (χ3v) is 3.21. The SMILES string of the molecule is Cl.c1cc2c(cc1NC1=NCCCCC1)OCCO2. The van der Waals surface area contributed by atoms with Crippen LogP contribution in [-0.2, 0) is 0 Å². The molecule has 2 heterocycles. The molecule has 0 amide bonds. The van der Waals surface area contributed by atoms with Crippen molar-refractivity contribution in [1.29, 1.82) is 0 Å². The quantitative estimate of drug-likeness (QED) is 0.860. The van der Waals surface area contributed by atoms with Crippen LogP contribution in [0.1, 0.15) is 25.7 Å². The topological polar surface area (TPSA) is 42.9 Å². The van der Waals surface area contributed by atoms with Crippen molar-refractivity contribution in [2.45, 2.75) is 25.7 Å². The molecular formula is C14H19ClN2O2. The lowest BCUT2D eigenvalue weighted by Gasteiger charge is -2.19. The Balaban J connectivity index is 0.00000133. The normalized spacial score (nSPS) is 17.8. The predicted octanol–water partition coefficient (Wildman–Crippen LogP) is 3.26. The highest BCUT2D eigenvalue weighted by molar-refractivity contribution is 5.95. The van der Waals surface area contributed by atoms with E-state index in [0.717, 1.165) is 36.0 Å². The number of ether oxygens (including phenoxy) is 2. The molecule has 0 aliphatic carbocycles. The number of hydrogen-bond donors (Lipinski definition) is 1. The van der Waals surface area contributed by atoms with Crippen LogP contribution in [-0.4, -0.2) is 25.6 Å². The average molecular weight is 283 g/mol. The Morgan fingerprint density at radius 3 is 2.74 bits per heavy atom. The van der Waals surface area contributed by atoms with E-state index < -0.39 is 0 Å². The molecule has 0 spiro atoms. The second kappa shape index (κ2) is 6.66. The fourth-order valence-corrected chi connectivity index (χ4v) is 2.26. The van der Waals surface area contributed by atoms with Crippen molar-refractivity contribution in [3.63, 3.8) is 0 Å². The van der Waals surface area contributed by atoms with Gasteiger partial charge in [0.1, 0.15) is 19.0 Å². The molecule has 0 saturated carbocycles. The largest absolute Gasteiger partial charge is 0.486 e. The lowest BCUT2D eigenvalue weighted by molar-refractivity contribution is 0.171. The van der Waals surface area contributed by atoms with Crippen molar-refractivity contribution >= 4 is 23.9 Å². The van der Waals surface area contributed by atoms with Gasteiger partial charge >= 0.3 is 0 Å². The zero-order valence-corrected chi connectivity index (χ0v) is 11.7. The predicted molar refractivity (Wildman–Crippen MR) is 79.1 cm³/mol. The Bertz CT molecular complexity index is 463. The Morgan fingerprint density at radius 2 is 1.84 bits per heavy atom. The molecule has 5 heteroatoms. The summed E-state index contributed by atoms with van der Waals surface area (Å²) >= 11 is 0. The first-order valence-corrected chi connectivity index (χ1v) is 6.62. The van der Waals surface area contributed by atoms with Gasteiger partial charge in [-0.1, -0.05) is 6.42 Å². The molecule has 1 aromatic carbocycles. The third kappa shape index (κ3) is 3.53. The van der Waals surface area contributed by atoms with Crippen LogP contribution in [0.5, 0.6) is 11.5 Å². The lowest BCUT2D eigenvalue weighted by Crippen LogP contribution is -2.16. The van der Waals surface area contributed by atoms with E-state index in [1.165, 1.54) is 19.3 Å². The fourth-order valence-electron chi connectivity index (χ4n) is 2.26. The highest BCUT2D eigenvalue weighted by atomic mass is 35.5. The number of fused-ring (bicyclic) bond motifs is 1. The standard InChI is InChI=1S/C14H18N2O2.ClH/c1-2-4-14(15-7-3-1)16-11-5-6-12-13(10-11)18-9-8-17-12;/h5-6,10H,1-4,7-9H2,(H,15,16);1H. The van der Waals surface area contributed by atoms with Gasteiger partial charge in [0.15, 0.2) is 11.5 Å². The van der Waals surface area contributed by atoms with Crippen LogP contribution in [0, 0.1) is 0 Å². The summed E-state index contributed by atoms with van der Waals surface area (Å²) in [6.45, 7) is 2.19. The van der Waals surface area contributed by atoms with Crippen LogP contribution in [0.25, 0.3) is 0 Å². The van der Waals surface area contributed by atoms with E-state index in [0.29, 0.717) is 13.2 Å². The number of nitrogens with zero attached hydrogens (tertiary/aromatic N) is 1. The Kier molecular flexibility index (Phi) is 4.91. The maximum atomic E-state index is 5.57. The fraction of sp³-hybridized carbons (Fsp3) is 0.500. The van der Waals surface area contributed by atoms with Crippen LogP contribution in [0.3, 0.4) is 0 Å². The maximum Gasteiger partial charge on any atom is 0.163 e. The Hall–Kier alpha value is -1.42. The molecular weight excluding hydrogens is 264 g/mol. The minimum absolute atomic E-state index is 0. The molecule has 0 aromatic heterocycles. The van der Waals surface area contributed by atoms with Gasteiger partial charge in [-0.25, -0.2) is 0 Å². The second-order valence-corrected chi connectivity index (χ2v) is 4.62. The zero-order chi connectivity index (χ0) is 12.2.